The second kappa shape index (κ2) is 6.43. The summed E-state index contributed by atoms with van der Waals surface area (Å²) < 4.78 is 39.8. The normalized spacial score (nSPS) is 10.5. The zero-order valence-corrected chi connectivity index (χ0v) is 11.4. The molecule has 0 spiro atoms. The molecular formula is C16H14F3NO. The van der Waals surface area contributed by atoms with Crippen LogP contribution in [0.2, 0.25) is 0 Å². The maximum absolute atomic E-state index is 13.5. The van der Waals surface area contributed by atoms with Crippen molar-refractivity contribution in [2.24, 2.45) is 0 Å². The van der Waals surface area contributed by atoms with Crippen LogP contribution in [-0.2, 0) is 17.8 Å². The molecule has 2 aromatic rings. The van der Waals surface area contributed by atoms with Gasteiger partial charge < -0.3 is 4.90 Å². The fraction of sp³-hybridized carbons (Fsp3) is 0.188. The molecule has 2 nitrogen and oxygen atoms in total. The van der Waals surface area contributed by atoms with E-state index in [4.69, 9.17) is 0 Å². The van der Waals surface area contributed by atoms with Gasteiger partial charge in [0, 0.05) is 25.2 Å². The van der Waals surface area contributed by atoms with Crippen LogP contribution in [0.25, 0.3) is 0 Å². The minimum absolute atomic E-state index is 0.000596. The lowest BCUT2D eigenvalue weighted by Gasteiger charge is -2.18. The topological polar surface area (TPSA) is 20.3 Å². The average Bonchev–Trinajstić information content (AvgIpc) is 2.44. The fourth-order valence-corrected chi connectivity index (χ4v) is 1.93. The predicted octanol–water partition coefficient (Wildman–Crippen LogP) is 3.31. The number of amides is 1. The lowest BCUT2D eigenvalue weighted by Crippen LogP contribution is -2.28. The first kappa shape index (κ1) is 15.1. The van der Waals surface area contributed by atoms with Crippen molar-refractivity contribution in [3.63, 3.8) is 0 Å². The van der Waals surface area contributed by atoms with E-state index < -0.39 is 17.5 Å². The Balaban J connectivity index is 2.04. The summed E-state index contributed by atoms with van der Waals surface area (Å²) >= 11 is 0. The molecule has 2 rings (SSSR count). The number of benzene rings is 2. The van der Waals surface area contributed by atoms with Crippen LogP contribution in [0.4, 0.5) is 13.2 Å². The summed E-state index contributed by atoms with van der Waals surface area (Å²) in [7, 11) is 1.49. The van der Waals surface area contributed by atoms with Crippen LogP contribution in [0.5, 0.6) is 0 Å². The molecule has 1 amide bonds. The summed E-state index contributed by atoms with van der Waals surface area (Å²) in [6, 6.07) is 9.18. The third kappa shape index (κ3) is 3.84. The second-order valence-electron chi connectivity index (χ2n) is 4.75. The zero-order valence-electron chi connectivity index (χ0n) is 11.4. The quantitative estimate of drug-likeness (QED) is 0.847. The SMILES string of the molecule is CN(Cc1ccc(F)cc1F)C(=O)Cc1ccccc1F. The van der Waals surface area contributed by atoms with Crippen LogP contribution in [0.15, 0.2) is 42.5 Å². The lowest BCUT2D eigenvalue weighted by atomic mass is 10.1. The van der Waals surface area contributed by atoms with Crippen molar-refractivity contribution in [1.82, 2.24) is 4.90 Å². The molecular weight excluding hydrogens is 279 g/mol. The van der Waals surface area contributed by atoms with E-state index in [1.54, 1.807) is 12.1 Å². The molecule has 0 fully saturated rings. The molecule has 0 aliphatic rings. The Labute approximate surface area is 120 Å². The lowest BCUT2D eigenvalue weighted by molar-refractivity contribution is -0.129. The summed E-state index contributed by atoms with van der Waals surface area (Å²) in [5, 5.41) is 0. The highest BCUT2D eigenvalue weighted by Crippen LogP contribution is 2.13. The van der Waals surface area contributed by atoms with Gasteiger partial charge in [-0.25, -0.2) is 13.2 Å². The van der Waals surface area contributed by atoms with Gasteiger partial charge in [-0.1, -0.05) is 24.3 Å². The van der Waals surface area contributed by atoms with E-state index in [0.717, 1.165) is 12.1 Å². The molecule has 0 aromatic heterocycles. The first-order chi connectivity index (χ1) is 9.97. The maximum atomic E-state index is 13.5. The Bertz CT molecular complexity index is 658. The monoisotopic (exact) mass is 293 g/mol. The Morgan fingerprint density at radius 3 is 2.38 bits per heavy atom. The first-order valence-corrected chi connectivity index (χ1v) is 6.38. The second-order valence-corrected chi connectivity index (χ2v) is 4.75. The third-order valence-corrected chi connectivity index (χ3v) is 3.15. The highest BCUT2D eigenvalue weighted by molar-refractivity contribution is 5.78. The number of halogens is 3. The van der Waals surface area contributed by atoms with Crippen LogP contribution < -0.4 is 0 Å². The van der Waals surface area contributed by atoms with Gasteiger partial charge in [-0.2, -0.15) is 0 Å². The number of likely N-dealkylation sites (N-methyl/N-ethyl adjacent to an activating group) is 1. The van der Waals surface area contributed by atoms with Crippen molar-refractivity contribution in [3.8, 4) is 0 Å². The van der Waals surface area contributed by atoms with Gasteiger partial charge in [0.25, 0.3) is 0 Å². The van der Waals surface area contributed by atoms with Crippen LogP contribution in [-0.4, -0.2) is 17.9 Å². The summed E-state index contributed by atoms with van der Waals surface area (Å²) in [6.07, 6.45) is -0.105. The van der Waals surface area contributed by atoms with Crippen LogP contribution in [0.1, 0.15) is 11.1 Å². The molecule has 21 heavy (non-hydrogen) atoms. The molecule has 0 N–H and O–H groups in total. The van der Waals surface area contributed by atoms with Crippen LogP contribution in [0.3, 0.4) is 0 Å². The van der Waals surface area contributed by atoms with Gasteiger partial charge in [0.05, 0.1) is 6.42 Å². The van der Waals surface area contributed by atoms with E-state index in [0.29, 0.717) is 0 Å². The molecule has 5 heteroatoms. The van der Waals surface area contributed by atoms with Crippen LogP contribution in [0, 0.1) is 17.5 Å². The molecule has 0 radical (unpaired) electrons. The van der Waals surface area contributed by atoms with Gasteiger partial charge >= 0.3 is 0 Å². The molecule has 0 bridgehead atoms. The van der Waals surface area contributed by atoms with Gasteiger partial charge in [0.1, 0.15) is 17.5 Å². The number of nitrogens with zero attached hydrogens (tertiary/aromatic N) is 1. The number of hydrogen-bond donors (Lipinski definition) is 0. The molecule has 0 aliphatic heterocycles. The molecule has 110 valence electrons. The van der Waals surface area contributed by atoms with Gasteiger partial charge in [0.2, 0.25) is 5.91 Å². The van der Waals surface area contributed by atoms with E-state index in [-0.39, 0.29) is 30.0 Å². The Kier molecular flexibility index (Phi) is 4.62. The highest BCUT2D eigenvalue weighted by atomic mass is 19.1. The van der Waals surface area contributed by atoms with E-state index in [1.807, 2.05) is 0 Å². The van der Waals surface area contributed by atoms with E-state index in [1.165, 1.54) is 30.1 Å². The number of carbonyl (C=O) groups excluding carboxylic acids is 1. The van der Waals surface area contributed by atoms with Gasteiger partial charge in [-0.3, -0.25) is 4.79 Å². The molecule has 0 aliphatic carbocycles. The van der Waals surface area contributed by atoms with Crippen molar-refractivity contribution in [2.75, 3.05) is 7.05 Å². The smallest absolute Gasteiger partial charge is 0.227 e. The Morgan fingerprint density at radius 2 is 1.71 bits per heavy atom. The summed E-state index contributed by atoms with van der Waals surface area (Å²) in [5.41, 5.74) is 0.495. The summed E-state index contributed by atoms with van der Waals surface area (Å²) in [6.45, 7) is -0.000596. The Hall–Kier alpha value is -2.30. The zero-order chi connectivity index (χ0) is 15.4. The number of rotatable bonds is 4. The number of carbonyl (C=O) groups is 1. The molecule has 0 atom stereocenters. The largest absolute Gasteiger partial charge is 0.341 e. The van der Waals surface area contributed by atoms with Gasteiger partial charge in [0.15, 0.2) is 0 Å². The summed E-state index contributed by atoms with van der Waals surface area (Å²) in [4.78, 5) is 13.3. The third-order valence-electron chi connectivity index (χ3n) is 3.15. The van der Waals surface area contributed by atoms with Gasteiger partial charge in [-0.05, 0) is 17.7 Å². The fourth-order valence-electron chi connectivity index (χ4n) is 1.93. The van der Waals surface area contributed by atoms with E-state index >= 15 is 0 Å². The Morgan fingerprint density at radius 1 is 1.00 bits per heavy atom. The van der Waals surface area contributed by atoms with Crippen molar-refractivity contribution < 1.29 is 18.0 Å². The molecule has 0 saturated heterocycles. The van der Waals surface area contributed by atoms with E-state index in [2.05, 4.69) is 0 Å². The maximum Gasteiger partial charge on any atom is 0.227 e. The first-order valence-electron chi connectivity index (χ1n) is 6.38. The van der Waals surface area contributed by atoms with Gasteiger partial charge in [-0.15, -0.1) is 0 Å². The minimum Gasteiger partial charge on any atom is -0.341 e. The van der Waals surface area contributed by atoms with Crippen LogP contribution >= 0.6 is 0 Å². The number of hydrogen-bond acceptors (Lipinski definition) is 1. The van der Waals surface area contributed by atoms with Crippen molar-refractivity contribution in [1.29, 1.82) is 0 Å². The van der Waals surface area contributed by atoms with Crippen molar-refractivity contribution in [2.45, 2.75) is 13.0 Å². The molecule has 0 heterocycles. The van der Waals surface area contributed by atoms with Crippen molar-refractivity contribution in [3.05, 3.63) is 71.0 Å². The summed E-state index contributed by atoms with van der Waals surface area (Å²) in [5.74, 6) is -2.17. The van der Waals surface area contributed by atoms with E-state index in [9.17, 15) is 18.0 Å². The molecule has 0 saturated carbocycles. The standard InChI is InChI=1S/C16H14F3NO/c1-20(10-12-6-7-13(17)9-15(12)19)16(21)8-11-4-2-3-5-14(11)18/h2-7,9H,8,10H2,1H3. The average molecular weight is 293 g/mol. The minimum atomic E-state index is -0.708. The molecule has 2 aromatic carbocycles. The molecule has 0 unspecified atom stereocenters. The van der Waals surface area contributed by atoms with Crippen molar-refractivity contribution >= 4 is 5.91 Å². The predicted molar refractivity (Wildman–Crippen MR) is 72.9 cm³/mol. The highest BCUT2D eigenvalue weighted by Gasteiger charge is 2.14.